The lowest BCUT2D eigenvalue weighted by molar-refractivity contribution is -0.114. The fourth-order valence-electron chi connectivity index (χ4n) is 4.89. The quantitative estimate of drug-likeness (QED) is 0.211. The molecule has 0 radical (unpaired) electrons. The number of anilines is 4. The first-order chi connectivity index (χ1) is 20.8. The maximum absolute atomic E-state index is 14.4. The summed E-state index contributed by atoms with van der Waals surface area (Å²) in [6.07, 6.45) is 0. The third-order valence-electron chi connectivity index (χ3n) is 6.95. The summed E-state index contributed by atoms with van der Waals surface area (Å²) in [5.74, 6) is 1.98. The fraction of sp³-hybridized carbons (Fsp3) is 0.188. The van der Waals surface area contributed by atoms with Crippen molar-refractivity contribution in [2.75, 3.05) is 47.2 Å². The third-order valence-corrected chi connectivity index (χ3v) is 6.95. The maximum Gasteiger partial charge on any atom is 0.323 e. The fourth-order valence-corrected chi connectivity index (χ4v) is 4.89. The van der Waals surface area contributed by atoms with Crippen LogP contribution in [0, 0.1) is 12.7 Å². The topological polar surface area (TPSA) is 122 Å². The molecule has 6 rings (SSSR count). The molecule has 0 saturated carbocycles. The number of fused-ring (bicyclic) bond motifs is 1. The summed E-state index contributed by atoms with van der Waals surface area (Å²) in [6.45, 7) is 5.93. The SMILES string of the molecule is CC(=O)Nc1ccc(NC(=O)Nc2ccc(-c3nc(N4CCOCC4)c4ccc(-c5ccc(C)o5)cc4n3)cc2)c(F)c1. The Labute approximate surface area is 246 Å². The number of urea groups is 1. The summed E-state index contributed by atoms with van der Waals surface area (Å²) >= 11 is 0. The lowest BCUT2D eigenvalue weighted by atomic mass is 10.1. The number of rotatable bonds is 6. The first-order valence-corrected chi connectivity index (χ1v) is 13.8. The molecule has 0 atom stereocenters. The predicted molar refractivity (Wildman–Crippen MR) is 164 cm³/mol. The molecule has 11 heteroatoms. The van der Waals surface area contributed by atoms with Crippen LogP contribution in [-0.4, -0.2) is 48.2 Å². The van der Waals surface area contributed by atoms with E-state index in [-0.39, 0.29) is 11.6 Å². The number of halogens is 1. The number of carbonyl (C=O) groups is 2. The average Bonchev–Trinajstić information content (AvgIpc) is 3.44. The van der Waals surface area contributed by atoms with Gasteiger partial charge >= 0.3 is 6.03 Å². The van der Waals surface area contributed by atoms with Crippen LogP contribution in [0.4, 0.5) is 32.1 Å². The molecule has 1 aliphatic heterocycles. The van der Waals surface area contributed by atoms with Gasteiger partial charge in [0, 0.05) is 47.9 Å². The van der Waals surface area contributed by atoms with Gasteiger partial charge in [-0.2, -0.15) is 0 Å². The monoisotopic (exact) mass is 580 g/mol. The van der Waals surface area contributed by atoms with E-state index in [1.54, 1.807) is 12.1 Å². The van der Waals surface area contributed by atoms with Crippen molar-refractivity contribution in [3.63, 3.8) is 0 Å². The molecule has 3 amide bonds. The Hall–Kier alpha value is -5.29. The molecule has 0 aliphatic carbocycles. The Morgan fingerprint density at radius 3 is 2.28 bits per heavy atom. The molecule has 5 aromatic rings. The molecular formula is C32H29FN6O4. The van der Waals surface area contributed by atoms with Gasteiger partial charge in [-0.3, -0.25) is 4.79 Å². The van der Waals surface area contributed by atoms with Crippen LogP contribution in [-0.2, 0) is 9.53 Å². The van der Waals surface area contributed by atoms with Crippen molar-refractivity contribution < 1.29 is 23.1 Å². The van der Waals surface area contributed by atoms with Gasteiger partial charge < -0.3 is 30.0 Å². The molecule has 1 aliphatic rings. The van der Waals surface area contributed by atoms with Gasteiger partial charge in [-0.25, -0.2) is 19.2 Å². The molecule has 0 unspecified atom stereocenters. The van der Waals surface area contributed by atoms with Crippen molar-refractivity contribution in [3.8, 4) is 22.7 Å². The number of nitrogens with one attached hydrogen (secondary N) is 3. The van der Waals surface area contributed by atoms with Crippen molar-refractivity contribution in [1.82, 2.24) is 9.97 Å². The number of hydrogen-bond acceptors (Lipinski definition) is 7. The maximum atomic E-state index is 14.4. The minimum atomic E-state index is -0.674. The summed E-state index contributed by atoms with van der Waals surface area (Å²) in [5, 5.41) is 8.62. The van der Waals surface area contributed by atoms with Gasteiger partial charge in [0.05, 0.1) is 24.4 Å². The Balaban J connectivity index is 1.24. The van der Waals surface area contributed by atoms with Crippen LogP contribution < -0.4 is 20.9 Å². The van der Waals surface area contributed by atoms with Crippen LogP contribution in [0.5, 0.6) is 0 Å². The highest BCUT2D eigenvalue weighted by Crippen LogP contribution is 2.32. The van der Waals surface area contributed by atoms with Gasteiger partial charge in [-0.05, 0) is 73.7 Å². The zero-order valence-electron chi connectivity index (χ0n) is 23.6. The number of aryl methyl sites for hydroxylation is 1. The zero-order valence-corrected chi connectivity index (χ0v) is 23.6. The van der Waals surface area contributed by atoms with Crippen molar-refractivity contribution in [1.29, 1.82) is 0 Å². The van der Waals surface area contributed by atoms with Crippen molar-refractivity contribution >= 4 is 45.7 Å². The third kappa shape index (κ3) is 6.31. The van der Waals surface area contributed by atoms with Crippen LogP contribution in [0.3, 0.4) is 0 Å². The number of aromatic nitrogens is 2. The number of carbonyl (C=O) groups excluding carboxylic acids is 2. The van der Waals surface area contributed by atoms with Gasteiger partial charge in [0.15, 0.2) is 5.82 Å². The largest absolute Gasteiger partial charge is 0.461 e. The molecular weight excluding hydrogens is 551 g/mol. The molecule has 10 nitrogen and oxygen atoms in total. The summed E-state index contributed by atoms with van der Waals surface area (Å²) in [4.78, 5) is 35.8. The number of morpholine rings is 1. The Kier molecular flexibility index (Phi) is 7.71. The first kappa shape index (κ1) is 27.9. The number of ether oxygens (including phenoxy) is 1. The average molecular weight is 581 g/mol. The molecule has 0 bridgehead atoms. The summed E-state index contributed by atoms with van der Waals surface area (Å²) in [7, 11) is 0. The lowest BCUT2D eigenvalue weighted by Crippen LogP contribution is -2.37. The summed E-state index contributed by atoms with van der Waals surface area (Å²) < 4.78 is 25.8. The highest BCUT2D eigenvalue weighted by atomic mass is 19.1. The van der Waals surface area contributed by atoms with Gasteiger partial charge in [0.2, 0.25) is 5.91 Å². The zero-order chi connectivity index (χ0) is 29.9. The minimum Gasteiger partial charge on any atom is -0.461 e. The lowest BCUT2D eigenvalue weighted by Gasteiger charge is -2.29. The number of furan rings is 1. The first-order valence-electron chi connectivity index (χ1n) is 13.8. The Morgan fingerprint density at radius 1 is 0.837 bits per heavy atom. The molecule has 218 valence electrons. The van der Waals surface area contributed by atoms with Gasteiger partial charge in [0.1, 0.15) is 23.2 Å². The molecule has 3 N–H and O–H groups in total. The van der Waals surface area contributed by atoms with E-state index in [2.05, 4.69) is 20.9 Å². The number of nitrogens with zero attached hydrogens (tertiary/aromatic N) is 3. The van der Waals surface area contributed by atoms with E-state index in [0.717, 1.165) is 58.5 Å². The highest BCUT2D eigenvalue weighted by molar-refractivity contribution is 6.00. The van der Waals surface area contributed by atoms with Crippen LogP contribution in [0.1, 0.15) is 12.7 Å². The molecule has 43 heavy (non-hydrogen) atoms. The number of amides is 3. The molecule has 1 fully saturated rings. The number of hydrogen-bond donors (Lipinski definition) is 3. The van der Waals surface area contributed by atoms with E-state index >= 15 is 0 Å². The van der Waals surface area contributed by atoms with Crippen molar-refractivity contribution in [2.45, 2.75) is 13.8 Å². The van der Waals surface area contributed by atoms with Crippen LogP contribution >= 0.6 is 0 Å². The molecule has 0 spiro atoms. The normalized spacial score (nSPS) is 13.1. The van der Waals surface area contributed by atoms with Gasteiger partial charge in [-0.15, -0.1) is 0 Å². The summed E-state index contributed by atoms with van der Waals surface area (Å²) in [6, 6.07) is 20.4. The summed E-state index contributed by atoms with van der Waals surface area (Å²) in [5.41, 5.74) is 3.25. The van der Waals surface area contributed by atoms with E-state index in [1.165, 1.54) is 19.1 Å². The van der Waals surface area contributed by atoms with Gasteiger partial charge in [-0.1, -0.05) is 6.07 Å². The Bertz CT molecular complexity index is 1820. The van der Waals surface area contributed by atoms with E-state index < -0.39 is 11.8 Å². The second kappa shape index (κ2) is 11.9. The minimum absolute atomic E-state index is 0.0208. The van der Waals surface area contributed by atoms with E-state index in [4.69, 9.17) is 19.1 Å². The highest BCUT2D eigenvalue weighted by Gasteiger charge is 2.19. The van der Waals surface area contributed by atoms with E-state index in [0.29, 0.717) is 30.4 Å². The molecule has 3 aromatic carbocycles. The molecule has 2 aromatic heterocycles. The van der Waals surface area contributed by atoms with Crippen LogP contribution in [0.15, 0.2) is 77.2 Å². The molecule has 3 heterocycles. The van der Waals surface area contributed by atoms with Crippen LogP contribution in [0.25, 0.3) is 33.6 Å². The standard InChI is InChI=1S/C32H29FN6O4/c1-19-3-12-29(43-19)22-6-10-25-28(17-22)36-30(38-31(25)39-13-15-42-16-14-39)21-4-7-23(8-5-21)35-32(41)37-27-11-9-24(18-26(27)33)34-20(2)40/h3-12,17-18H,13-16H2,1-2H3,(H,34,40)(H2,35,37,41). The second-order valence-electron chi connectivity index (χ2n) is 10.1. The molecule has 1 saturated heterocycles. The van der Waals surface area contributed by atoms with Crippen LogP contribution in [0.2, 0.25) is 0 Å². The second-order valence-corrected chi connectivity index (χ2v) is 10.1. The van der Waals surface area contributed by atoms with Crippen molar-refractivity contribution in [2.24, 2.45) is 0 Å². The number of benzene rings is 3. The predicted octanol–water partition coefficient (Wildman–Crippen LogP) is 6.44. The van der Waals surface area contributed by atoms with Gasteiger partial charge in [0.25, 0.3) is 0 Å². The van der Waals surface area contributed by atoms with Crippen molar-refractivity contribution in [3.05, 3.63) is 84.4 Å². The smallest absolute Gasteiger partial charge is 0.323 e. The van der Waals surface area contributed by atoms with E-state index in [1.807, 2.05) is 49.4 Å². The van der Waals surface area contributed by atoms with E-state index in [9.17, 15) is 14.0 Å². The Morgan fingerprint density at radius 2 is 1.58 bits per heavy atom.